The maximum Gasteiger partial charge on any atom is 0.161 e. The van der Waals surface area contributed by atoms with E-state index in [4.69, 9.17) is 9.47 Å². The molecule has 1 saturated heterocycles. The van der Waals surface area contributed by atoms with E-state index in [-0.39, 0.29) is 19.1 Å². The van der Waals surface area contributed by atoms with Crippen LogP contribution in [0, 0.1) is 0 Å². The van der Waals surface area contributed by atoms with Crippen LogP contribution in [0.25, 0.3) is 0 Å². The van der Waals surface area contributed by atoms with Crippen molar-refractivity contribution in [2.45, 2.75) is 25.2 Å². The molecule has 1 aliphatic rings. The minimum Gasteiger partial charge on any atom is -1.00 e. The number of hydrogen-bond acceptors (Lipinski definition) is 2. The van der Waals surface area contributed by atoms with Crippen LogP contribution in [0.5, 0.6) is 11.5 Å². The van der Waals surface area contributed by atoms with Gasteiger partial charge in [-0.1, -0.05) is 6.07 Å². The molecule has 0 saturated carbocycles. The van der Waals surface area contributed by atoms with Gasteiger partial charge < -0.3 is 26.8 Å². The van der Waals surface area contributed by atoms with Gasteiger partial charge in [0.25, 0.3) is 0 Å². The molecule has 1 aromatic rings. The molecule has 1 N–H and O–H groups in total. The second kappa shape index (κ2) is 9.11. The van der Waals surface area contributed by atoms with Gasteiger partial charge in [-0.25, -0.2) is 0 Å². The summed E-state index contributed by atoms with van der Waals surface area (Å²) in [5.41, 5.74) is 1.31. The summed E-state index contributed by atoms with van der Waals surface area (Å²) < 4.78 is 23.0. The van der Waals surface area contributed by atoms with Gasteiger partial charge in [-0.3, -0.25) is 4.39 Å². The summed E-state index contributed by atoms with van der Waals surface area (Å²) in [5, 5.41) is 0. The molecule has 21 heavy (non-hydrogen) atoms. The number of piperidine rings is 1. The fourth-order valence-electron chi connectivity index (χ4n) is 3.09. The van der Waals surface area contributed by atoms with Gasteiger partial charge in [0.1, 0.15) is 0 Å². The molecule has 2 rings (SSSR count). The van der Waals surface area contributed by atoms with Gasteiger partial charge in [0.05, 0.1) is 40.5 Å². The average Bonchev–Trinajstić information content (AvgIpc) is 2.52. The zero-order valence-electron chi connectivity index (χ0n) is 12.8. The Kier molecular flexibility index (Phi) is 7.83. The summed E-state index contributed by atoms with van der Waals surface area (Å²) in [6.07, 6.45) is 3.09. The maximum absolute atomic E-state index is 12.3. The molecule has 120 valence electrons. The highest BCUT2D eigenvalue weighted by atomic mass is 35.5. The van der Waals surface area contributed by atoms with Crippen molar-refractivity contribution in [3.8, 4) is 11.5 Å². The second-order valence-corrected chi connectivity index (χ2v) is 5.45. The molecule has 2 atom stereocenters. The van der Waals surface area contributed by atoms with Gasteiger partial charge in [0, 0.05) is 12.3 Å². The van der Waals surface area contributed by atoms with Crippen molar-refractivity contribution in [2.24, 2.45) is 0 Å². The largest absolute Gasteiger partial charge is 1.00 e. The normalized spacial score (nSPS) is 21.5. The molecule has 0 aliphatic carbocycles. The summed E-state index contributed by atoms with van der Waals surface area (Å²) in [4.78, 5) is 1.52. The first-order chi connectivity index (χ1) is 9.78. The third-order valence-electron chi connectivity index (χ3n) is 4.16. The topological polar surface area (TPSA) is 22.9 Å². The summed E-state index contributed by atoms with van der Waals surface area (Å²) in [7, 11) is 3.32. The van der Waals surface area contributed by atoms with Crippen molar-refractivity contribution < 1.29 is 31.2 Å². The smallest absolute Gasteiger partial charge is 0.161 e. The van der Waals surface area contributed by atoms with Crippen LogP contribution in [-0.4, -0.2) is 40.5 Å². The zero-order chi connectivity index (χ0) is 14.4. The number of rotatable bonds is 6. The van der Waals surface area contributed by atoms with Crippen molar-refractivity contribution in [2.75, 3.05) is 40.5 Å². The van der Waals surface area contributed by atoms with E-state index in [9.17, 15) is 4.39 Å². The van der Waals surface area contributed by atoms with E-state index < -0.39 is 0 Å². The number of ether oxygens (including phenoxy) is 2. The first-order valence-corrected chi connectivity index (χ1v) is 7.40. The molecule has 0 aromatic heterocycles. The third-order valence-corrected chi connectivity index (χ3v) is 4.16. The van der Waals surface area contributed by atoms with Crippen LogP contribution in [0.1, 0.15) is 30.7 Å². The third kappa shape index (κ3) is 4.75. The Morgan fingerprint density at radius 3 is 2.67 bits per heavy atom. The Morgan fingerprint density at radius 1 is 1.24 bits per heavy atom. The molecular formula is C16H25ClFNO2. The van der Waals surface area contributed by atoms with Crippen molar-refractivity contribution in [1.82, 2.24) is 0 Å². The molecule has 1 heterocycles. The highest BCUT2D eigenvalue weighted by Crippen LogP contribution is 2.32. The number of quaternary nitrogens is 1. The lowest BCUT2D eigenvalue weighted by Crippen LogP contribution is -3.13. The van der Waals surface area contributed by atoms with Gasteiger partial charge in [-0.15, -0.1) is 0 Å². The molecular weight excluding hydrogens is 293 g/mol. The summed E-state index contributed by atoms with van der Waals surface area (Å²) >= 11 is 0. The second-order valence-electron chi connectivity index (χ2n) is 5.45. The van der Waals surface area contributed by atoms with Gasteiger partial charge in [0.15, 0.2) is 11.5 Å². The average molecular weight is 318 g/mol. The highest BCUT2D eigenvalue weighted by Gasteiger charge is 2.24. The van der Waals surface area contributed by atoms with Crippen LogP contribution in [0.2, 0.25) is 0 Å². The van der Waals surface area contributed by atoms with Gasteiger partial charge in [-0.05, 0) is 30.5 Å². The maximum atomic E-state index is 12.3. The standard InChI is InChI=1S/C16H24FNO2.ClH/c1-19-15-7-6-13(11-16(15)20-2)14-5-3-9-18(12-14)10-4-8-17;/h6-7,11,14H,3-5,8-10,12H2,1-2H3;1H. The monoisotopic (exact) mass is 317 g/mol. The van der Waals surface area contributed by atoms with Crippen LogP contribution in [0.15, 0.2) is 18.2 Å². The predicted octanol–water partition coefficient (Wildman–Crippen LogP) is -1.17. The highest BCUT2D eigenvalue weighted by molar-refractivity contribution is 5.44. The van der Waals surface area contributed by atoms with Gasteiger partial charge in [-0.2, -0.15) is 0 Å². The van der Waals surface area contributed by atoms with E-state index in [0.29, 0.717) is 12.3 Å². The molecule has 1 aliphatic heterocycles. The van der Waals surface area contributed by atoms with E-state index in [2.05, 4.69) is 12.1 Å². The first kappa shape index (κ1) is 18.1. The van der Waals surface area contributed by atoms with Crippen molar-refractivity contribution >= 4 is 0 Å². The molecule has 1 fully saturated rings. The van der Waals surface area contributed by atoms with E-state index in [0.717, 1.165) is 24.6 Å². The Labute approximate surface area is 132 Å². The number of benzene rings is 1. The molecule has 0 spiro atoms. The number of nitrogens with one attached hydrogen (secondary N) is 1. The van der Waals surface area contributed by atoms with E-state index in [1.165, 1.54) is 29.8 Å². The van der Waals surface area contributed by atoms with Crippen molar-refractivity contribution in [3.63, 3.8) is 0 Å². The van der Waals surface area contributed by atoms with Crippen molar-refractivity contribution in [1.29, 1.82) is 0 Å². The summed E-state index contributed by atoms with van der Waals surface area (Å²) in [5.74, 6) is 2.10. The Bertz CT molecular complexity index is 431. The predicted molar refractivity (Wildman–Crippen MR) is 77.7 cm³/mol. The van der Waals surface area contributed by atoms with Crippen molar-refractivity contribution in [3.05, 3.63) is 23.8 Å². The minimum absolute atomic E-state index is 0. The Morgan fingerprint density at radius 2 is 2.00 bits per heavy atom. The van der Waals surface area contributed by atoms with Gasteiger partial charge in [0.2, 0.25) is 0 Å². The number of likely N-dealkylation sites (tertiary alicyclic amines) is 1. The molecule has 0 bridgehead atoms. The summed E-state index contributed by atoms with van der Waals surface area (Å²) in [6, 6.07) is 6.19. The van der Waals surface area contributed by atoms with E-state index in [1.54, 1.807) is 14.2 Å². The molecule has 0 radical (unpaired) electrons. The fourth-order valence-corrected chi connectivity index (χ4v) is 3.09. The molecule has 2 unspecified atom stereocenters. The number of hydrogen-bond donors (Lipinski definition) is 1. The Hall–Kier alpha value is -1.00. The first-order valence-electron chi connectivity index (χ1n) is 7.40. The fraction of sp³-hybridized carbons (Fsp3) is 0.625. The molecule has 0 amide bonds. The lowest BCUT2D eigenvalue weighted by Gasteiger charge is -2.30. The number of halogens is 2. The van der Waals surface area contributed by atoms with Crippen LogP contribution in [0.4, 0.5) is 4.39 Å². The SMILES string of the molecule is COc1ccc(C2CCC[NH+](CCCF)C2)cc1OC.[Cl-]. The summed E-state index contributed by atoms with van der Waals surface area (Å²) in [6.45, 7) is 3.00. The van der Waals surface area contributed by atoms with Gasteiger partial charge >= 0.3 is 0 Å². The van der Waals surface area contributed by atoms with Crippen LogP contribution < -0.4 is 26.8 Å². The lowest BCUT2D eigenvalue weighted by molar-refractivity contribution is -0.906. The number of alkyl halides is 1. The molecule has 3 nitrogen and oxygen atoms in total. The van der Waals surface area contributed by atoms with Crippen LogP contribution in [0.3, 0.4) is 0 Å². The number of methoxy groups -OCH3 is 2. The van der Waals surface area contributed by atoms with Crippen LogP contribution >= 0.6 is 0 Å². The zero-order valence-corrected chi connectivity index (χ0v) is 13.6. The van der Waals surface area contributed by atoms with E-state index in [1.807, 2.05) is 6.07 Å². The molecule has 5 heteroatoms. The van der Waals surface area contributed by atoms with Crippen LogP contribution in [-0.2, 0) is 0 Å². The van der Waals surface area contributed by atoms with E-state index >= 15 is 0 Å². The Balaban J connectivity index is 0.00000220. The minimum atomic E-state index is -0.204. The quantitative estimate of drug-likeness (QED) is 0.714. The lowest BCUT2D eigenvalue weighted by atomic mass is 9.90. The molecule has 1 aromatic carbocycles.